The first kappa shape index (κ1) is 20.8. The lowest BCUT2D eigenvalue weighted by atomic mass is 10.0. The molecule has 0 radical (unpaired) electrons. The molecule has 0 aliphatic heterocycles. The van der Waals surface area contributed by atoms with Crippen LogP contribution in [0, 0.1) is 18.3 Å². The van der Waals surface area contributed by atoms with Gasteiger partial charge in [0.1, 0.15) is 11.6 Å². The van der Waals surface area contributed by atoms with Crippen LogP contribution in [0.2, 0.25) is 0 Å². The maximum absolute atomic E-state index is 12.5. The van der Waals surface area contributed by atoms with Crippen LogP contribution in [0.4, 0.5) is 5.69 Å². The molecule has 5 nitrogen and oxygen atoms in total. The van der Waals surface area contributed by atoms with Crippen molar-refractivity contribution in [3.05, 3.63) is 71.3 Å². The van der Waals surface area contributed by atoms with Gasteiger partial charge in [-0.2, -0.15) is 5.26 Å². The van der Waals surface area contributed by atoms with Crippen LogP contribution in [0.25, 0.3) is 6.08 Å². The lowest BCUT2D eigenvalue weighted by Crippen LogP contribution is -2.13. The summed E-state index contributed by atoms with van der Waals surface area (Å²) >= 11 is 0. The Labute approximate surface area is 165 Å². The van der Waals surface area contributed by atoms with Crippen molar-refractivity contribution in [3.8, 4) is 17.6 Å². The van der Waals surface area contributed by atoms with Gasteiger partial charge >= 0.3 is 0 Å². The maximum atomic E-state index is 12.5. The average molecular weight is 376 g/mol. The van der Waals surface area contributed by atoms with Crippen LogP contribution < -0.4 is 14.8 Å². The number of carbonyl (C=O) groups is 1. The molecule has 0 atom stereocenters. The summed E-state index contributed by atoms with van der Waals surface area (Å²) in [5.41, 5.74) is 3.26. The molecule has 1 N–H and O–H groups in total. The molecular formula is C23H24N2O3. The molecule has 0 aromatic heterocycles. The summed E-state index contributed by atoms with van der Waals surface area (Å²) in [6.07, 6.45) is 3.87. The number of benzene rings is 2. The zero-order valence-electron chi connectivity index (χ0n) is 16.4. The van der Waals surface area contributed by atoms with E-state index in [1.54, 1.807) is 31.4 Å². The predicted octanol–water partition coefficient (Wildman–Crippen LogP) is 4.68. The highest BCUT2D eigenvalue weighted by Gasteiger charge is 2.14. The highest BCUT2D eigenvalue weighted by Crippen LogP contribution is 2.34. The standard InChI is InChI=1S/C23H24N2O3/c1-5-7-18-12-17(14-21(28-6-2)22(18)27-4)13-19(15-24)23(26)25-20-10-8-16(3)9-11-20/h5,8-14H,1,6-7H2,2-4H3,(H,25,26)/b19-13-. The lowest BCUT2D eigenvalue weighted by molar-refractivity contribution is -0.112. The van der Waals surface area contributed by atoms with Gasteiger partial charge in [0.25, 0.3) is 5.91 Å². The third-order valence-electron chi connectivity index (χ3n) is 4.01. The highest BCUT2D eigenvalue weighted by molar-refractivity contribution is 6.09. The van der Waals surface area contributed by atoms with Crippen LogP contribution in [0.3, 0.4) is 0 Å². The summed E-state index contributed by atoms with van der Waals surface area (Å²) in [5, 5.41) is 12.2. The van der Waals surface area contributed by atoms with Crippen molar-refractivity contribution < 1.29 is 14.3 Å². The molecule has 0 bridgehead atoms. The average Bonchev–Trinajstić information content (AvgIpc) is 2.68. The number of aryl methyl sites for hydroxylation is 1. The van der Waals surface area contributed by atoms with Crippen molar-refractivity contribution in [2.24, 2.45) is 0 Å². The van der Waals surface area contributed by atoms with Crippen LogP contribution in [0.5, 0.6) is 11.5 Å². The van der Waals surface area contributed by atoms with Crippen molar-refractivity contribution in [2.45, 2.75) is 20.3 Å². The zero-order valence-corrected chi connectivity index (χ0v) is 16.4. The van der Waals surface area contributed by atoms with E-state index < -0.39 is 5.91 Å². The predicted molar refractivity (Wildman–Crippen MR) is 111 cm³/mol. The summed E-state index contributed by atoms with van der Waals surface area (Å²) in [6.45, 7) is 8.08. The van der Waals surface area contributed by atoms with Crippen molar-refractivity contribution in [1.82, 2.24) is 0 Å². The van der Waals surface area contributed by atoms with Gasteiger partial charge in [0.2, 0.25) is 0 Å². The van der Waals surface area contributed by atoms with Crippen LogP contribution in [-0.4, -0.2) is 19.6 Å². The Morgan fingerprint density at radius 3 is 2.57 bits per heavy atom. The summed E-state index contributed by atoms with van der Waals surface area (Å²) in [4.78, 5) is 12.5. The van der Waals surface area contributed by atoms with E-state index >= 15 is 0 Å². The molecule has 0 aliphatic carbocycles. The monoisotopic (exact) mass is 376 g/mol. The molecule has 0 spiro atoms. The number of hydrogen-bond acceptors (Lipinski definition) is 4. The fourth-order valence-corrected chi connectivity index (χ4v) is 2.72. The first-order valence-corrected chi connectivity index (χ1v) is 8.96. The molecule has 5 heteroatoms. The van der Waals surface area contributed by atoms with E-state index in [9.17, 15) is 10.1 Å². The van der Waals surface area contributed by atoms with Gasteiger partial charge in [-0.25, -0.2) is 0 Å². The van der Waals surface area contributed by atoms with E-state index in [0.29, 0.717) is 35.8 Å². The van der Waals surface area contributed by atoms with Crippen LogP contribution in [-0.2, 0) is 11.2 Å². The fraction of sp³-hybridized carbons (Fsp3) is 0.217. The molecular weight excluding hydrogens is 352 g/mol. The second-order valence-corrected chi connectivity index (χ2v) is 6.13. The van der Waals surface area contributed by atoms with E-state index in [1.807, 2.05) is 38.1 Å². The number of methoxy groups -OCH3 is 1. The van der Waals surface area contributed by atoms with Crippen molar-refractivity contribution >= 4 is 17.7 Å². The molecule has 0 aliphatic rings. The molecule has 144 valence electrons. The van der Waals surface area contributed by atoms with E-state index in [2.05, 4.69) is 11.9 Å². The minimum atomic E-state index is -0.467. The van der Waals surface area contributed by atoms with Gasteiger partial charge in [-0.1, -0.05) is 23.8 Å². The molecule has 28 heavy (non-hydrogen) atoms. The second kappa shape index (κ2) is 9.98. The number of carbonyl (C=O) groups excluding carboxylic acids is 1. The molecule has 0 unspecified atom stereocenters. The minimum Gasteiger partial charge on any atom is -0.493 e. The SMILES string of the molecule is C=CCc1cc(/C=C(/C#N)C(=O)Nc2ccc(C)cc2)cc(OCC)c1OC. The number of nitriles is 1. The molecule has 0 heterocycles. The third kappa shape index (κ3) is 5.24. The van der Waals surface area contributed by atoms with E-state index in [1.165, 1.54) is 6.08 Å². The minimum absolute atomic E-state index is 0.00209. The van der Waals surface area contributed by atoms with Gasteiger partial charge in [-0.15, -0.1) is 6.58 Å². The Kier molecular flexibility index (Phi) is 7.41. The molecule has 0 saturated carbocycles. The van der Waals surface area contributed by atoms with Crippen molar-refractivity contribution in [2.75, 3.05) is 19.0 Å². The Morgan fingerprint density at radius 1 is 1.29 bits per heavy atom. The first-order valence-electron chi connectivity index (χ1n) is 8.96. The van der Waals surface area contributed by atoms with E-state index in [-0.39, 0.29) is 5.57 Å². The number of anilines is 1. The third-order valence-corrected chi connectivity index (χ3v) is 4.01. The van der Waals surface area contributed by atoms with Gasteiger partial charge in [0.05, 0.1) is 13.7 Å². The summed E-state index contributed by atoms with van der Waals surface area (Å²) < 4.78 is 11.1. The normalized spacial score (nSPS) is 10.7. The van der Waals surface area contributed by atoms with E-state index in [4.69, 9.17) is 9.47 Å². The smallest absolute Gasteiger partial charge is 0.266 e. The van der Waals surface area contributed by atoms with E-state index in [0.717, 1.165) is 11.1 Å². The number of amides is 1. The number of rotatable bonds is 8. The summed E-state index contributed by atoms with van der Waals surface area (Å²) in [7, 11) is 1.58. The molecule has 2 aromatic carbocycles. The highest BCUT2D eigenvalue weighted by atomic mass is 16.5. The number of nitrogens with one attached hydrogen (secondary N) is 1. The fourth-order valence-electron chi connectivity index (χ4n) is 2.72. The summed E-state index contributed by atoms with van der Waals surface area (Å²) in [6, 6.07) is 13.0. The largest absolute Gasteiger partial charge is 0.493 e. The Hall–Kier alpha value is -3.52. The Bertz CT molecular complexity index is 922. The lowest BCUT2D eigenvalue weighted by Gasteiger charge is -2.14. The topological polar surface area (TPSA) is 71.4 Å². The Morgan fingerprint density at radius 2 is 2.00 bits per heavy atom. The van der Waals surface area contributed by atoms with Gasteiger partial charge < -0.3 is 14.8 Å². The molecule has 2 aromatic rings. The molecule has 1 amide bonds. The van der Waals surface area contributed by atoms with Crippen molar-refractivity contribution in [3.63, 3.8) is 0 Å². The van der Waals surface area contributed by atoms with Gasteiger partial charge in [0.15, 0.2) is 11.5 Å². The van der Waals surface area contributed by atoms with Crippen molar-refractivity contribution in [1.29, 1.82) is 5.26 Å². The van der Waals surface area contributed by atoms with Crippen LogP contribution in [0.15, 0.2) is 54.6 Å². The molecule has 2 rings (SSSR count). The zero-order chi connectivity index (χ0) is 20.5. The number of hydrogen-bond donors (Lipinski definition) is 1. The quantitative estimate of drug-likeness (QED) is 0.413. The molecule has 0 saturated heterocycles. The molecule has 0 fully saturated rings. The Balaban J connectivity index is 2.38. The van der Waals surface area contributed by atoms with Gasteiger partial charge in [-0.3, -0.25) is 4.79 Å². The van der Waals surface area contributed by atoms with Gasteiger partial charge in [0, 0.05) is 11.3 Å². The maximum Gasteiger partial charge on any atom is 0.266 e. The van der Waals surface area contributed by atoms with Crippen LogP contribution in [0.1, 0.15) is 23.6 Å². The number of nitrogens with zero attached hydrogens (tertiary/aromatic N) is 1. The number of allylic oxidation sites excluding steroid dienone is 1. The van der Waals surface area contributed by atoms with Gasteiger partial charge in [-0.05, 0) is 56.2 Å². The first-order chi connectivity index (χ1) is 13.5. The number of ether oxygens (including phenoxy) is 2. The van der Waals surface area contributed by atoms with Crippen LogP contribution >= 0.6 is 0 Å². The second-order valence-electron chi connectivity index (χ2n) is 6.13. The summed E-state index contributed by atoms with van der Waals surface area (Å²) in [5.74, 6) is 0.721.